The Hall–Kier alpha value is -1.86. The van der Waals surface area contributed by atoms with Gasteiger partial charge in [-0.1, -0.05) is 18.5 Å². The highest BCUT2D eigenvalue weighted by Gasteiger charge is 2.11. The minimum Gasteiger partial charge on any atom is -0.493 e. The molecule has 8 heteroatoms. The Balaban J connectivity index is 2.37. The third-order valence-corrected chi connectivity index (χ3v) is 3.44. The Labute approximate surface area is 138 Å². The fraction of sp³-hybridized carbons (Fsp3) is 0.357. The van der Waals surface area contributed by atoms with Gasteiger partial charge in [-0.05, 0) is 36.8 Å². The largest absolute Gasteiger partial charge is 0.493 e. The molecule has 1 heterocycles. The van der Waals surface area contributed by atoms with E-state index in [1.165, 1.54) is 0 Å². The molecular weight excluding hydrogens is 324 g/mol. The van der Waals surface area contributed by atoms with E-state index in [-0.39, 0.29) is 0 Å². The van der Waals surface area contributed by atoms with Crippen LogP contribution in [0.25, 0.3) is 0 Å². The number of aromatic amines is 1. The van der Waals surface area contributed by atoms with Crippen LogP contribution in [-0.4, -0.2) is 34.8 Å². The molecule has 1 aromatic carbocycles. The van der Waals surface area contributed by atoms with Crippen molar-refractivity contribution in [2.24, 2.45) is 5.10 Å². The van der Waals surface area contributed by atoms with Crippen LogP contribution in [0.5, 0.6) is 11.5 Å². The molecule has 0 saturated carbocycles. The lowest BCUT2D eigenvalue weighted by Crippen LogP contribution is -1.99. The van der Waals surface area contributed by atoms with Crippen LogP contribution in [0.2, 0.25) is 5.02 Å². The maximum Gasteiger partial charge on any atom is 0.216 e. The average molecular weight is 341 g/mol. The minimum atomic E-state index is 0.442. The minimum absolute atomic E-state index is 0.442. The molecule has 0 aliphatic heterocycles. The summed E-state index contributed by atoms with van der Waals surface area (Å²) < 4.78 is 12.8. The van der Waals surface area contributed by atoms with E-state index in [0.717, 1.165) is 17.8 Å². The van der Waals surface area contributed by atoms with E-state index >= 15 is 0 Å². The van der Waals surface area contributed by atoms with Crippen LogP contribution in [0.3, 0.4) is 0 Å². The number of hydrogen-bond acceptors (Lipinski definition) is 5. The molecule has 0 radical (unpaired) electrons. The first-order valence-corrected chi connectivity index (χ1v) is 7.60. The van der Waals surface area contributed by atoms with Gasteiger partial charge in [0.25, 0.3) is 0 Å². The number of halogens is 1. The van der Waals surface area contributed by atoms with Gasteiger partial charge in [0.05, 0.1) is 25.0 Å². The van der Waals surface area contributed by atoms with Crippen LogP contribution in [0, 0.1) is 4.77 Å². The first-order valence-electron chi connectivity index (χ1n) is 6.81. The zero-order valence-electron chi connectivity index (χ0n) is 12.6. The van der Waals surface area contributed by atoms with Crippen LogP contribution in [0.1, 0.15) is 25.2 Å². The second-order valence-corrected chi connectivity index (χ2v) is 5.12. The number of ether oxygens (including phenoxy) is 2. The van der Waals surface area contributed by atoms with Gasteiger partial charge in [0.2, 0.25) is 4.77 Å². The molecule has 0 aliphatic carbocycles. The fourth-order valence-electron chi connectivity index (χ4n) is 1.90. The van der Waals surface area contributed by atoms with Gasteiger partial charge >= 0.3 is 0 Å². The molecule has 0 saturated heterocycles. The summed E-state index contributed by atoms with van der Waals surface area (Å²) in [6.07, 6.45) is 2.37. The Morgan fingerprint density at radius 2 is 2.23 bits per heavy atom. The van der Waals surface area contributed by atoms with Crippen molar-refractivity contribution in [3.8, 4) is 11.5 Å². The van der Waals surface area contributed by atoms with Crippen LogP contribution in [0.15, 0.2) is 17.2 Å². The SMILES string of the molecule is CCOc1c(Cl)cc(/C=N/n2c(CC)n[nH]c2=S)cc1OC. The van der Waals surface area contributed by atoms with Gasteiger partial charge in [-0.3, -0.25) is 5.10 Å². The molecule has 0 bridgehead atoms. The molecular formula is C14H17ClN4O2S. The van der Waals surface area contributed by atoms with Crippen molar-refractivity contribution in [2.45, 2.75) is 20.3 Å². The number of aromatic nitrogens is 3. The highest BCUT2D eigenvalue weighted by molar-refractivity contribution is 7.71. The maximum atomic E-state index is 6.23. The number of rotatable bonds is 6. The quantitative estimate of drug-likeness (QED) is 0.646. The standard InChI is InChI=1S/C14H17ClN4O2S/c1-4-12-17-18-14(22)19(12)16-8-9-6-10(15)13(21-5-2)11(7-9)20-3/h6-8H,4-5H2,1-3H3,(H,18,22)/b16-8+. The van der Waals surface area contributed by atoms with Crippen molar-refractivity contribution in [1.29, 1.82) is 0 Å². The molecule has 6 nitrogen and oxygen atoms in total. The van der Waals surface area contributed by atoms with Crippen molar-refractivity contribution in [1.82, 2.24) is 14.9 Å². The van der Waals surface area contributed by atoms with E-state index in [1.807, 2.05) is 13.8 Å². The topological polar surface area (TPSA) is 64.4 Å². The molecule has 0 spiro atoms. The van der Waals surface area contributed by atoms with E-state index in [0.29, 0.717) is 27.9 Å². The summed E-state index contributed by atoms with van der Waals surface area (Å²) >= 11 is 11.4. The van der Waals surface area contributed by atoms with E-state index in [4.69, 9.17) is 33.3 Å². The molecule has 1 N–H and O–H groups in total. The summed E-state index contributed by atoms with van der Waals surface area (Å²) in [6, 6.07) is 3.56. The highest BCUT2D eigenvalue weighted by Crippen LogP contribution is 2.35. The van der Waals surface area contributed by atoms with Crippen LogP contribution >= 0.6 is 23.8 Å². The van der Waals surface area contributed by atoms with E-state index < -0.39 is 0 Å². The number of nitrogens with zero attached hydrogens (tertiary/aromatic N) is 3. The smallest absolute Gasteiger partial charge is 0.216 e. The average Bonchev–Trinajstić information content (AvgIpc) is 2.87. The zero-order valence-corrected chi connectivity index (χ0v) is 14.2. The summed E-state index contributed by atoms with van der Waals surface area (Å²) in [5.41, 5.74) is 0.774. The molecule has 0 aliphatic rings. The van der Waals surface area contributed by atoms with Gasteiger partial charge in [-0.15, -0.1) is 0 Å². The Kier molecular flexibility index (Phi) is 5.57. The van der Waals surface area contributed by atoms with Gasteiger partial charge in [-0.25, -0.2) is 0 Å². The lowest BCUT2D eigenvalue weighted by Gasteiger charge is -2.11. The monoisotopic (exact) mass is 340 g/mol. The predicted octanol–water partition coefficient (Wildman–Crippen LogP) is 3.45. The number of H-pyrrole nitrogens is 1. The first-order chi connectivity index (χ1) is 10.6. The number of nitrogens with one attached hydrogen (secondary N) is 1. The lowest BCUT2D eigenvalue weighted by molar-refractivity contribution is 0.311. The van der Waals surface area contributed by atoms with Crippen LogP contribution in [-0.2, 0) is 6.42 Å². The Morgan fingerprint density at radius 1 is 1.45 bits per heavy atom. The summed E-state index contributed by atoms with van der Waals surface area (Å²) in [7, 11) is 1.57. The molecule has 0 atom stereocenters. The Bertz CT molecular complexity index is 739. The van der Waals surface area contributed by atoms with Gasteiger partial charge in [0, 0.05) is 6.42 Å². The lowest BCUT2D eigenvalue weighted by atomic mass is 10.2. The van der Waals surface area contributed by atoms with Crippen molar-refractivity contribution >= 4 is 30.0 Å². The maximum absolute atomic E-state index is 6.23. The second kappa shape index (κ2) is 7.42. The normalized spacial score (nSPS) is 11.1. The van der Waals surface area contributed by atoms with E-state index in [9.17, 15) is 0 Å². The molecule has 2 rings (SSSR count). The molecule has 2 aromatic rings. The third kappa shape index (κ3) is 3.48. The summed E-state index contributed by atoms with van der Waals surface area (Å²) in [5.74, 6) is 1.84. The summed E-state index contributed by atoms with van der Waals surface area (Å²) in [5, 5.41) is 11.6. The molecule has 22 heavy (non-hydrogen) atoms. The number of methoxy groups -OCH3 is 1. The second-order valence-electron chi connectivity index (χ2n) is 4.32. The predicted molar refractivity (Wildman–Crippen MR) is 89.0 cm³/mol. The molecule has 118 valence electrons. The van der Waals surface area contributed by atoms with Crippen molar-refractivity contribution in [2.75, 3.05) is 13.7 Å². The van der Waals surface area contributed by atoms with Gasteiger partial charge in [-0.2, -0.15) is 14.9 Å². The molecule has 0 fully saturated rings. The molecule has 1 aromatic heterocycles. The number of benzene rings is 1. The van der Waals surface area contributed by atoms with Gasteiger partial charge in [0.15, 0.2) is 17.3 Å². The molecule has 0 unspecified atom stereocenters. The third-order valence-electron chi connectivity index (χ3n) is 2.90. The van der Waals surface area contributed by atoms with Gasteiger partial charge in [0.1, 0.15) is 0 Å². The van der Waals surface area contributed by atoms with Crippen molar-refractivity contribution in [3.63, 3.8) is 0 Å². The van der Waals surface area contributed by atoms with E-state index in [2.05, 4.69) is 15.3 Å². The summed E-state index contributed by atoms with van der Waals surface area (Å²) in [6.45, 7) is 4.37. The molecule has 0 amide bonds. The van der Waals surface area contributed by atoms with Crippen molar-refractivity contribution in [3.05, 3.63) is 33.3 Å². The van der Waals surface area contributed by atoms with Crippen LogP contribution < -0.4 is 9.47 Å². The van der Waals surface area contributed by atoms with Crippen molar-refractivity contribution < 1.29 is 9.47 Å². The van der Waals surface area contributed by atoms with Gasteiger partial charge < -0.3 is 9.47 Å². The number of hydrogen-bond donors (Lipinski definition) is 1. The van der Waals surface area contributed by atoms with E-state index in [1.54, 1.807) is 30.1 Å². The highest BCUT2D eigenvalue weighted by atomic mass is 35.5. The number of aryl methyl sites for hydroxylation is 1. The zero-order chi connectivity index (χ0) is 16.1. The summed E-state index contributed by atoms with van der Waals surface area (Å²) in [4.78, 5) is 0. The Morgan fingerprint density at radius 3 is 2.86 bits per heavy atom. The van der Waals surface area contributed by atoms with Crippen LogP contribution in [0.4, 0.5) is 0 Å². The first kappa shape index (κ1) is 16.5. The fourth-order valence-corrected chi connectivity index (χ4v) is 2.37.